The molecule has 4 heteroatoms. The van der Waals surface area contributed by atoms with Crippen LogP contribution in [-0.4, -0.2) is 43.2 Å². The van der Waals surface area contributed by atoms with Gasteiger partial charge in [-0.05, 0) is 45.2 Å². The van der Waals surface area contributed by atoms with Crippen LogP contribution in [0.25, 0.3) is 0 Å². The summed E-state index contributed by atoms with van der Waals surface area (Å²) in [6, 6.07) is 0.437. The highest BCUT2D eigenvalue weighted by Crippen LogP contribution is 2.14. The van der Waals surface area contributed by atoms with Gasteiger partial charge in [-0.15, -0.1) is 0 Å². The highest BCUT2D eigenvalue weighted by Gasteiger charge is 2.24. The van der Waals surface area contributed by atoms with E-state index >= 15 is 0 Å². The van der Waals surface area contributed by atoms with Crippen LogP contribution in [0.2, 0.25) is 0 Å². The van der Waals surface area contributed by atoms with Crippen molar-refractivity contribution in [2.75, 3.05) is 26.2 Å². The molecule has 2 N–H and O–H groups in total. The second-order valence-electron chi connectivity index (χ2n) is 5.39. The average Bonchev–Trinajstić information content (AvgIpc) is 2.71. The Kier molecular flexibility index (Phi) is 4.66. The van der Waals surface area contributed by atoms with Crippen molar-refractivity contribution < 1.29 is 4.79 Å². The SMILES string of the molecule is CC(NC(=O)N1CCCCCC1)C1CCNC1. The lowest BCUT2D eigenvalue weighted by atomic mass is 10.0. The van der Waals surface area contributed by atoms with Crippen LogP contribution < -0.4 is 10.6 Å². The van der Waals surface area contributed by atoms with Gasteiger partial charge in [-0.1, -0.05) is 12.8 Å². The summed E-state index contributed by atoms with van der Waals surface area (Å²) in [5, 5.41) is 6.52. The van der Waals surface area contributed by atoms with Gasteiger partial charge in [0.2, 0.25) is 0 Å². The van der Waals surface area contributed by atoms with Crippen LogP contribution in [0.15, 0.2) is 0 Å². The van der Waals surface area contributed by atoms with Crippen molar-refractivity contribution in [1.82, 2.24) is 15.5 Å². The summed E-state index contributed by atoms with van der Waals surface area (Å²) in [7, 11) is 0. The van der Waals surface area contributed by atoms with Gasteiger partial charge in [-0.25, -0.2) is 4.79 Å². The molecule has 2 amide bonds. The zero-order valence-electron chi connectivity index (χ0n) is 10.9. The third-order valence-electron chi connectivity index (χ3n) is 4.05. The molecule has 2 saturated heterocycles. The third kappa shape index (κ3) is 3.60. The van der Waals surface area contributed by atoms with Crippen molar-refractivity contribution in [1.29, 1.82) is 0 Å². The summed E-state index contributed by atoms with van der Waals surface area (Å²) in [5.41, 5.74) is 0. The minimum Gasteiger partial charge on any atom is -0.335 e. The maximum Gasteiger partial charge on any atom is 0.317 e. The fraction of sp³-hybridized carbons (Fsp3) is 0.923. The highest BCUT2D eigenvalue weighted by atomic mass is 16.2. The minimum absolute atomic E-state index is 0.145. The van der Waals surface area contributed by atoms with Crippen molar-refractivity contribution in [3.8, 4) is 0 Å². The molecule has 2 heterocycles. The number of nitrogens with zero attached hydrogens (tertiary/aromatic N) is 1. The molecule has 0 aliphatic carbocycles. The lowest BCUT2D eigenvalue weighted by Gasteiger charge is -2.26. The zero-order chi connectivity index (χ0) is 12.1. The standard InChI is InChI=1S/C13H25N3O/c1-11(12-6-7-14-10-12)15-13(17)16-8-4-2-3-5-9-16/h11-12,14H,2-10H2,1H3,(H,15,17). The molecule has 2 unspecified atom stereocenters. The topological polar surface area (TPSA) is 44.4 Å². The van der Waals surface area contributed by atoms with Gasteiger partial charge in [0.25, 0.3) is 0 Å². The molecule has 0 bridgehead atoms. The maximum absolute atomic E-state index is 12.1. The van der Waals surface area contributed by atoms with Crippen LogP contribution >= 0.6 is 0 Å². The number of hydrogen-bond donors (Lipinski definition) is 2. The predicted octanol–water partition coefficient (Wildman–Crippen LogP) is 1.57. The quantitative estimate of drug-likeness (QED) is 0.768. The first kappa shape index (κ1) is 12.7. The Balaban J connectivity index is 1.78. The monoisotopic (exact) mass is 239 g/mol. The largest absolute Gasteiger partial charge is 0.335 e. The van der Waals surface area contributed by atoms with Gasteiger partial charge in [0, 0.05) is 19.1 Å². The average molecular weight is 239 g/mol. The Morgan fingerprint density at radius 3 is 2.59 bits per heavy atom. The lowest BCUT2D eigenvalue weighted by molar-refractivity contribution is 0.192. The fourth-order valence-electron chi connectivity index (χ4n) is 2.78. The molecule has 0 saturated carbocycles. The molecule has 0 aromatic carbocycles. The number of likely N-dealkylation sites (tertiary alicyclic amines) is 1. The first-order valence-corrected chi connectivity index (χ1v) is 7.03. The number of rotatable bonds is 2. The highest BCUT2D eigenvalue weighted by molar-refractivity contribution is 5.74. The summed E-state index contributed by atoms with van der Waals surface area (Å²) in [4.78, 5) is 14.1. The van der Waals surface area contributed by atoms with Crippen molar-refractivity contribution in [2.45, 2.75) is 45.1 Å². The first-order chi connectivity index (χ1) is 8.27. The summed E-state index contributed by atoms with van der Waals surface area (Å²) < 4.78 is 0. The first-order valence-electron chi connectivity index (χ1n) is 7.03. The molecule has 0 spiro atoms. The summed E-state index contributed by atoms with van der Waals surface area (Å²) in [6.07, 6.45) is 6.04. The molecule has 0 aromatic heterocycles. The number of carbonyl (C=O) groups excluding carboxylic acids is 1. The zero-order valence-corrected chi connectivity index (χ0v) is 10.9. The van der Waals surface area contributed by atoms with E-state index in [4.69, 9.17) is 0 Å². The molecule has 2 rings (SSSR count). The van der Waals surface area contributed by atoms with Gasteiger partial charge >= 0.3 is 6.03 Å². The van der Waals surface area contributed by atoms with Gasteiger partial charge in [0.15, 0.2) is 0 Å². The molecular formula is C13H25N3O. The van der Waals surface area contributed by atoms with Crippen LogP contribution in [0, 0.1) is 5.92 Å². The minimum atomic E-state index is 0.145. The van der Waals surface area contributed by atoms with Crippen molar-refractivity contribution in [3.63, 3.8) is 0 Å². The molecule has 2 atom stereocenters. The van der Waals surface area contributed by atoms with Gasteiger partial charge < -0.3 is 15.5 Å². The van der Waals surface area contributed by atoms with E-state index in [0.717, 1.165) is 39.0 Å². The van der Waals surface area contributed by atoms with Crippen molar-refractivity contribution in [2.24, 2.45) is 5.92 Å². The molecule has 2 aliphatic heterocycles. The third-order valence-corrected chi connectivity index (χ3v) is 4.05. The van der Waals surface area contributed by atoms with Gasteiger partial charge in [-0.3, -0.25) is 0 Å². The summed E-state index contributed by atoms with van der Waals surface area (Å²) in [6.45, 7) is 6.13. The lowest BCUT2D eigenvalue weighted by Crippen LogP contribution is -2.47. The van der Waals surface area contributed by atoms with E-state index in [0.29, 0.717) is 12.0 Å². The fourth-order valence-corrected chi connectivity index (χ4v) is 2.78. The Bertz CT molecular complexity index is 243. The number of hydrogen-bond acceptors (Lipinski definition) is 2. The normalized spacial score (nSPS) is 27.6. The molecule has 2 fully saturated rings. The number of carbonyl (C=O) groups is 1. The summed E-state index contributed by atoms with van der Waals surface area (Å²) >= 11 is 0. The molecule has 4 nitrogen and oxygen atoms in total. The van der Waals surface area contributed by atoms with Crippen LogP contribution in [0.3, 0.4) is 0 Å². The van der Waals surface area contributed by atoms with Crippen molar-refractivity contribution >= 4 is 6.03 Å². The van der Waals surface area contributed by atoms with E-state index in [1.54, 1.807) is 0 Å². The van der Waals surface area contributed by atoms with Crippen LogP contribution in [-0.2, 0) is 0 Å². The maximum atomic E-state index is 12.1. The van der Waals surface area contributed by atoms with Crippen LogP contribution in [0.1, 0.15) is 39.0 Å². The predicted molar refractivity (Wildman–Crippen MR) is 69.0 cm³/mol. The Labute approximate surface area is 104 Å². The molecule has 17 heavy (non-hydrogen) atoms. The van der Waals surface area contributed by atoms with Gasteiger partial charge in [0.1, 0.15) is 0 Å². The van der Waals surface area contributed by atoms with Crippen LogP contribution in [0.5, 0.6) is 0 Å². The summed E-state index contributed by atoms with van der Waals surface area (Å²) in [5.74, 6) is 0.603. The number of amides is 2. The number of nitrogens with one attached hydrogen (secondary N) is 2. The van der Waals surface area contributed by atoms with E-state index in [2.05, 4.69) is 17.6 Å². The van der Waals surface area contributed by atoms with E-state index < -0.39 is 0 Å². The van der Waals surface area contributed by atoms with E-state index in [-0.39, 0.29) is 6.03 Å². The number of urea groups is 1. The smallest absolute Gasteiger partial charge is 0.317 e. The second-order valence-corrected chi connectivity index (χ2v) is 5.39. The van der Waals surface area contributed by atoms with Gasteiger partial charge in [-0.2, -0.15) is 0 Å². The van der Waals surface area contributed by atoms with E-state index in [1.807, 2.05) is 4.90 Å². The molecule has 98 valence electrons. The molecule has 0 aromatic rings. The van der Waals surface area contributed by atoms with Gasteiger partial charge in [0.05, 0.1) is 0 Å². The Hall–Kier alpha value is -0.770. The molecule has 2 aliphatic rings. The van der Waals surface area contributed by atoms with Crippen LogP contribution in [0.4, 0.5) is 4.79 Å². The molecular weight excluding hydrogens is 214 g/mol. The second kappa shape index (κ2) is 6.24. The Morgan fingerprint density at radius 1 is 1.29 bits per heavy atom. The van der Waals surface area contributed by atoms with E-state index in [1.165, 1.54) is 19.3 Å². The van der Waals surface area contributed by atoms with E-state index in [9.17, 15) is 4.79 Å². The Morgan fingerprint density at radius 2 is 2.00 bits per heavy atom. The van der Waals surface area contributed by atoms with Crippen molar-refractivity contribution in [3.05, 3.63) is 0 Å². The molecule has 0 radical (unpaired) electrons.